The summed E-state index contributed by atoms with van der Waals surface area (Å²) in [6.07, 6.45) is 6.60. The second-order valence-electron chi connectivity index (χ2n) is 1.91. The smallest absolute Gasteiger partial charge is 0.117 e. The van der Waals surface area contributed by atoms with E-state index in [-0.39, 0.29) is 0 Å². The van der Waals surface area contributed by atoms with Gasteiger partial charge in [0.1, 0.15) is 6.20 Å². The quantitative estimate of drug-likeness (QED) is 0.441. The molecule has 0 aromatic carbocycles. The first-order chi connectivity index (χ1) is 4.47. The Morgan fingerprint density at radius 1 is 1.56 bits per heavy atom. The van der Waals surface area contributed by atoms with E-state index in [0.717, 1.165) is 17.1 Å². The minimum Gasteiger partial charge on any atom is -0.278 e. The van der Waals surface area contributed by atoms with Gasteiger partial charge in [-0.1, -0.05) is 6.08 Å². The molecule has 1 aliphatic heterocycles. The third-order valence-electron chi connectivity index (χ3n) is 1.33. The van der Waals surface area contributed by atoms with E-state index >= 15 is 0 Å². The molecule has 1 aromatic heterocycles. The Morgan fingerprint density at radius 3 is 3.44 bits per heavy atom. The standard InChI is InChI=1S/C7H5N2/c1-3-8-5-7-6(1)2-4-9-7/h1-3H,4H2. The van der Waals surface area contributed by atoms with Crippen molar-refractivity contribution in [3.8, 4) is 0 Å². The molecule has 43 valence electrons. The summed E-state index contributed by atoms with van der Waals surface area (Å²) in [5.41, 5.74) is 0. The first kappa shape index (κ1) is 4.68. The summed E-state index contributed by atoms with van der Waals surface area (Å²) in [4.78, 5) is 7.94. The molecule has 0 atom stereocenters. The van der Waals surface area contributed by atoms with Gasteiger partial charge in [0.05, 0.1) is 11.9 Å². The topological polar surface area (TPSA) is 25.2 Å². The molecule has 1 radical (unpaired) electrons. The zero-order valence-corrected chi connectivity index (χ0v) is 4.83. The summed E-state index contributed by atoms with van der Waals surface area (Å²) < 4.78 is 0. The van der Waals surface area contributed by atoms with E-state index in [9.17, 15) is 0 Å². The predicted molar refractivity (Wildman–Crippen MR) is 33.2 cm³/mol. The van der Waals surface area contributed by atoms with Crippen LogP contribution in [-0.2, 0) is 0 Å². The van der Waals surface area contributed by atoms with Crippen molar-refractivity contribution < 1.29 is 0 Å². The van der Waals surface area contributed by atoms with Crippen molar-refractivity contribution in [2.75, 3.05) is 6.54 Å². The molecule has 0 saturated heterocycles. The number of hydrogen-bond acceptors (Lipinski definition) is 2. The zero-order valence-electron chi connectivity index (χ0n) is 4.83. The minimum atomic E-state index is 0.789. The molecule has 2 rings (SSSR count). The van der Waals surface area contributed by atoms with E-state index in [1.54, 1.807) is 6.20 Å². The molecule has 2 heteroatoms. The van der Waals surface area contributed by atoms with E-state index in [0.29, 0.717) is 0 Å². The summed E-state index contributed by atoms with van der Waals surface area (Å²) in [5.74, 6) is 0. The molecule has 0 spiro atoms. The number of rotatable bonds is 0. The molecule has 0 unspecified atom stereocenters. The summed E-state index contributed by atoms with van der Waals surface area (Å²) in [6, 6.07) is 1.95. The largest absolute Gasteiger partial charge is 0.278 e. The SMILES string of the molecule is [c]1nccc2c1=NCC=2. The number of fused-ring (bicyclic) bond motifs is 1. The van der Waals surface area contributed by atoms with Gasteiger partial charge in [-0.05, 0) is 6.07 Å². The molecule has 0 amide bonds. The van der Waals surface area contributed by atoms with Crippen LogP contribution in [-0.4, -0.2) is 11.5 Å². The van der Waals surface area contributed by atoms with Crippen LogP contribution in [0.15, 0.2) is 17.3 Å². The summed E-state index contributed by atoms with van der Waals surface area (Å²) in [7, 11) is 0. The lowest BCUT2D eigenvalue weighted by Gasteiger charge is -1.76. The highest BCUT2D eigenvalue weighted by Crippen LogP contribution is 1.75. The molecule has 0 N–H and O–H groups in total. The van der Waals surface area contributed by atoms with E-state index in [1.807, 2.05) is 6.07 Å². The monoisotopic (exact) mass is 117 g/mol. The van der Waals surface area contributed by atoms with Crippen LogP contribution in [0.2, 0.25) is 0 Å². The maximum atomic E-state index is 4.13. The van der Waals surface area contributed by atoms with Crippen molar-refractivity contribution in [1.29, 1.82) is 0 Å². The Labute approximate surface area is 52.6 Å². The molecular formula is C7H5N2. The van der Waals surface area contributed by atoms with Crippen LogP contribution in [0.4, 0.5) is 0 Å². The molecule has 1 aliphatic rings. The normalized spacial score (nSPS) is 13.8. The molecule has 9 heavy (non-hydrogen) atoms. The van der Waals surface area contributed by atoms with Gasteiger partial charge in [-0.15, -0.1) is 0 Å². The van der Waals surface area contributed by atoms with Gasteiger partial charge in [0, 0.05) is 11.4 Å². The molecule has 0 bridgehead atoms. The number of nitrogens with zero attached hydrogens (tertiary/aromatic N) is 2. The molecule has 0 aliphatic carbocycles. The molecule has 0 fully saturated rings. The lowest BCUT2D eigenvalue weighted by Crippen LogP contribution is -2.21. The highest BCUT2D eigenvalue weighted by Gasteiger charge is 1.90. The summed E-state index contributed by atoms with van der Waals surface area (Å²) in [6.45, 7) is 0.789. The molecule has 2 nitrogen and oxygen atoms in total. The van der Waals surface area contributed by atoms with Crippen molar-refractivity contribution in [1.82, 2.24) is 4.98 Å². The van der Waals surface area contributed by atoms with Crippen molar-refractivity contribution in [2.24, 2.45) is 4.99 Å². The fourth-order valence-corrected chi connectivity index (χ4v) is 0.886. The fourth-order valence-electron chi connectivity index (χ4n) is 0.886. The average molecular weight is 117 g/mol. The van der Waals surface area contributed by atoms with Crippen molar-refractivity contribution >= 4 is 6.08 Å². The zero-order chi connectivity index (χ0) is 6.10. The first-order valence-electron chi connectivity index (χ1n) is 2.84. The Bertz CT molecular complexity index is 294. The molecular weight excluding hydrogens is 112 g/mol. The van der Waals surface area contributed by atoms with Gasteiger partial charge in [-0.2, -0.15) is 0 Å². The van der Waals surface area contributed by atoms with Crippen LogP contribution in [0.25, 0.3) is 6.08 Å². The number of aromatic nitrogens is 1. The van der Waals surface area contributed by atoms with Crippen LogP contribution in [0.1, 0.15) is 0 Å². The number of hydrogen-bond donors (Lipinski definition) is 0. The lowest BCUT2D eigenvalue weighted by molar-refractivity contribution is 1.16. The third kappa shape index (κ3) is 0.633. The maximum Gasteiger partial charge on any atom is 0.117 e. The van der Waals surface area contributed by atoms with Gasteiger partial charge in [0.25, 0.3) is 0 Å². The summed E-state index contributed by atoms with van der Waals surface area (Å²) in [5, 5.41) is 2.06. The van der Waals surface area contributed by atoms with E-state index in [4.69, 9.17) is 0 Å². The van der Waals surface area contributed by atoms with Crippen molar-refractivity contribution in [3.05, 3.63) is 29.0 Å². The average Bonchev–Trinajstić information content (AvgIpc) is 2.33. The first-order valence-corrected chi connectivity index (χ1v) is 2.84. The van der Waals surface area contributed by atoms with Gasteiger partial charge in [0.15, 0.2) is 0 Å². The molecule has 0 saturated carbocycles. The molecule has 1 aromatic rings. The Kier molecular flexibility index (Phi) is 0.859. The third-order valence-corrected chi connectivity index (χ3v) is 1.33. The van der Waals surface area contributed by atoms with E-state index in [2.05, 4.69) is 22.2 Å². The van der Waals surface area contributed by atoms with Crippen LogP contribution in [0.3, 0.4) is 0 Å². The lowest BCUT2D eigenvalue weighted by atomic mass is 10.4. The van der Waals surface area contributed by atoms with Crippen molar-refractivity contribution in [2.45, 2.75) is 0 Å². The van der Waals surface area contributed by atoms with Gasteiger partial charge in [-0.25, -0.2) is 0 Å². The van der Waals surface area contributed by atoms with Gasteiger partial charge in [-0.3, -0.25) is 9.98 Å². The van der Waals surface area contributed by atoms with Crippen LogP contribution in [0, 0.1) is 6.20 Å². The van der Waals surface area contributed by atoms with E-state index < -0.39 is 0 Å². The highest BCUT2D eigenvalue weighted by atomic mass is 14.7. The second-order valence-corrected chi connectivity index (χ2v) is 1.91. The van der Waals surface area contributed by atoms with Crippen LogP contribution in [0.5, 0.6) is 0 Å². The minimum absolute atomic E-state index is 0.789. The summed E-state index contributed by atoms with van der Waals surface area (Å²) >= 11 is 0. The number of pyridine rings is 1. The Morgan fingerprint density at radius 2 is 2.56 bits per heavy atom. The second kappa shape index (κ2) is 1.65. The highest BCUT2D eigenvalue weighted by molar-refractivity contribution is 5.27. The van der Waals surface area contributed by atoms with Crippen LogP contribution < -0.4 is 10.6 Å². The fraction of sp³-hybridized carbons (Fsp3) is 0.143. The van der Waals surface area contributed by atoms with Gasteiger partial charge < -0.3 is 0 Å². The predicted octanol–water partition coefficient (Wildman–Crippen LogP) is -0.705. The van der Waals surface area contributed by atoms with Gasteiger partial charge in [0.2, 0.25) is 0 Å². The Balaban J connectivity index is 2.97. The van der Waals surface area contributed by atoms with Crippen molar-refractivity contribution in [3.63, 3.8) is 0 Å². The van der Waals surface area contributed by atoms with Crippen LogP contribution >= 0.6 is 0 Å². The molecule has 2 heterocycles. The Hall–Kier alpha value is -1.18. The van der Waals surface area contributed by atoms with Gasteiger partial charge >= 0.3 is 0 Å². The van der Waals surface area contributed by atoms with E-state index in [1.165, 1.54) is 0 Å². The maximum absolute atomic E-state index is 4.13.